The van der Waals surface area contributed by atoms with Gasteiger partial charge in [-0.1, -0.05) is 29.8 Å². The van der Waals surface area contributed by atoms with E-state index in [4.69, 9.17) is 16.7 Å². The van der Waals surface area contributed by atoms with Gasteiger partial charge in [0.05, 0.1) is 6.10 Å². The molecule has 0 aliphatic carbocycles. The molecule has 1 saturated heterocycles. The first kappa shape index (κ1) is 16.7. The van der Waals surface area contributed by atoms with Crippen molar-refractivity contribution in [1.29, 1.82) is 0 Å². The summed E-state index contributed by atoms with van der Waals surface area (Å²) in [4.78, 5) is 17.3. The lowest BCUT2D eigenvalue weighted by molar-refractivity contribution is 0.0690. The van der Waals surface area contributed by atoms with Crippen molar-refractivity contribution in [3.63, 3.8) is 0 Å². The summed E-state index contributed by atoms with van der Waals surface area (Å²) < 4.78 is 0. The third-order valence-corrected chi connectivity index (χ3v) is 4.73. The van der Waals surface area contributed by atoms with Crippen LogP contribution in [0, 0.1) is 5.92 Å². The Morgan fingerprint density at radius 3 is 2.46 bits per heavy atom. The zero-order chi connectivity index (χ0) is 17.1. The van der Waals surface area contributed by atoms with Crippen LogP contribution in [0.15, 0.2) is 42.5 Å². The Morgan fingerprint density at radius 2 is 1.83 bits per heavy atom. The Hall–Kier alpha value is -2.11. The summed E-state index contributed by atoms with van der Waals surface area (Å²) in [6, 6.07) is 12.3. The molecule has 1 unspecified atom stereocenters. The lowest BCUT2D eigenvalue weighted by Gasteiger charge is -2.35. The van der Waals surface area contributed by atoms with E-state index in [9.17, 15) is 9.90 Å². The molecule has 1 fully saturated rings. The molecule has 1 aliphatic heterocycles. The predicted molar refractivity (Wildman–Crippen MR) is 92.5 cm³/mol. The van der Waals surface area contributed by atoms with Gasteiger partial charge in [-0.15, -0.1) is 0 Å². The molecule has 5 nitrogen and oxygen atoms in total. The van der Waals surface area contributed by atoms with Crippen LogP contribution in [0.3, 0.4) is 0 Å². The van der Waals surface area contributed by atoms with Crippen molar-refractivity contribution in [3.8, 4) is 0 Å². The molecule has 0 bridgehead atoms. The maximum Gasteiger partial charge on any atom is 0.354 e. The molecule has 0 radical (unpaired) electrons. The number of carboxylic acid groups (broad SMARTS) is 1. The van der Waals surface area contributed by atoms with Crippen LogP contribution in [0.2, 0.25) is 5.02 Å². The molecule has 1 aromatic carbocycles. The standard InChI is InChI=1S/C18H19ClN2O3/c19-14-6-4-12(5-7-14)17(22)13-8-10-21(11-9-13)16-3-1-2-15(20-16)18(23)24/h1-7,13,17,22H,8-11H2,(H,23,24). The van der Waals surface area contributed by atoms with Crippen LogP contribution in [0.1, 0.15) is 35.0 Å². The third kappa shape index (κ3) is 3.68. The molecule has 1 aliphatic rings. The average Bonchev–Trinajstić information content (AvgIpc) is 2.62. The lowest BCUT2D eigenvalue weighted by atomic mass is 9.87. The van der Waals surface area contributed by atoms with Crippen LogP contribution in [-0.4, -0.2) is 34.3 Å². The Labute approximate surface area is 145 Å². The number of carbonyl (C=O) groups is 1. The fourth-order valence-corrected chi connectivity index (χ4v) is 3.22. The second-order valence-electron chi connectivity index (χ2n) is 6.01. The number of hydrogen-bond acceptors (Lipinski definition) is 4. The third-order valence-electron chi connectivity index (χ3n) is 4.48. The zero-order valence-corrected chi connectivity index (χ0v) is 13.9. The van der Waals surface area contributed by atoms with Crippen molar-refractivity contribution in [2.45, 2.75) is 18.9 Å². The number of nitrogens with zero attached hydrogens (tertiary/aromatic N) is 2. The number of aliphatic hydroxyl groups is 1. The minimum absolute atomic E-state index is 0.0517. The van der Waals surface area contributed by atoms with Gasteiger partial charge in [0, 0.05) is 18.1 Å². The maximum absolute atomic E-state index is 11.0. The van der Waals surface area contributed by atoms with Gasteiger partial charge in [-0.05, 0) is 48.6 Å². The van der Waals surface area contributed by atoms with E-state index >= 15 is 0 Å². The number of pyridine rings is 1. The molecule has 24 heavy (non-hydrogen) atoms. The molecule has 2 N–H and O–H groups in total. The highest BCUT2D eigenvalue weighted by Gasteiger charge is 2.27. The monoisotopic (exact) mass is 346 g/mol. The lowest BCUT2D eigenvalue weighted by Crippen LogP contribution is -2.36. The average molecular weight is 347 g/mol. The summed E-state index contributed by atoms with van der Waals surface area (Å²) in [5, 5.41) is 20.3. The van der Waals surface area contributed by atoms with E-state index in [2.05, 4.69) is 9.88 Å². The van der Waals surface area contributed by atoms with Crippen LogP contribution in [-0.2, 0) is 0 Å². The van der Waals surface area contributed by atoms with Crippen LogP contribution >= 0.6 is 11.6 Å². The fraction of sp³-hybridized carbons (Fsp3) is 0.333. The summed E-state index contributed by atoms with van der Waals surface area (Å²) in [5.74, 6) is -0.177. The predicted octanol–water partition coefficient (Wildman–Crippen LogP) is 3.38. The van der Waals surface area contributed by atoms with E-state index in [1.165, 1.54) is 6.07 Å². The molecule has 2 heterocycles. The molecule has 0 spiro atoms. The number of hydrogen-bond donors (Lipinski definition) is 2. The second-order valence-corrected chi connectivity index (χ2v) is 6.44. The quantitative estimate of drug-likeness (QED) is 0.887. The van der Waals surface area contributed by atoms with E-state index < -0.39 is 12.1 Å². The number of carboxylic acids is 1. The van der Waals surface area contributed by atoms with E-state index in [0.717, 1.165) is 31.5 Å². The van der Waals surface area contributed by atoms with Gasteiger partial charge in [0.25, 0.3) is 0 Å². The molecule has 3 rings (SSSR count). The van der Waals surface area contributed by atoms with E-state index in [1.807, 2.05) is 18.2 Å². The van der Waals surface area contributed by atoms with Gasteiger partial charge >= 0.3 is 5.97 Å². The van der Waals surface area contributed by atoms with Crippen molar-refractivity contribution in [1.82, 2.24) is 4.98 Å². The molecular weight excluding hydrogens is 328 g/mol. The maximum atomic E-state index is 11.0. The Morgan fingerprint density at radius 1 is 1.17 bits per heavy atom. The molecule has 2 aromatic rings. The van der Waals surface area contributed by atoms with Crippen LogP contribution in [0.5, 0.6) is 0 Å². The summed E-state index contributed by atoms with van der Waals surface area (Å²) in [7, 11) is 0. The highest BCUT2D eigenvalue weighted by molar-refractivity contribution is 6.30. The number of anilines is 1. The first-order valence-corrected chi connectivity index (χ1v) is 8.31. The zero-order valence-electron chi connectivity index (χ0n) is 13.1. The van der Waals surface area contributed by atoms with Gasteiger partial charge in [-0.3, -0.25) is 0 Å². The van der Waals surface area contributed by atoms with Crippen molar-refractivity contribution in [2.75, 3.05) is 18.0 Å². The summed E-state index contributed by atoms with van der Waals surface area (Å²) in [6.07, 6.45) is 1.13. The van der Waals surface area contributed by atoms with Gasteiger partial charge in [0.1, 0.15) is 5.82 Å². The number of piperidine rings is 1. The Kier molecular flexibility index (Phi) is 5.02. The number of rotatable bonds is 4. The number of benzene rings is 1. The number of aromatic carboxylic acids is 1. The highest BCUT2D eigenvalue weighted by atomic mass is 35.5. The number of halogens is 1. The molecular formula is C18H19ClN2O3. The molecule has 0 saturated carbocycles. The van der Waals surface area contributed by atoms with Crippen molar-refractivity contribution >= 4 is 23.4 Å². The molecule has 1 atom stereocenters. The molecule has 1 aromatic heterocycles. The molecule has 6 heteroatoms. The van der Waals surface area contributed by atoms with E-state index in [1.54, 1.807) is 18.2 Å². The SMILES string of the molecule is O=C(O)c1cccc(N2CCC(C(O)c3ccc(Cl)cc3)CC2)n1. The van der Waals surface area contributed by atoms with E-state index in [0.29, 0.717) is 10.8 Å². The second kappa shape index (κ2) is 7.20. The van der Waals surface area contributed by atoms with Gasteiger partial charge in [0.15, 0.2) is 5.69 Å². The minimum atomic E-state index is -1.02. The number of aromatic nitrogens is 1. The van der Waals surface area contributed by atoms with Crippen LogP contribution < -0.4 is 4.90 Å². The van der Waals surface area contributed by atoms with Gasteiger partial charge in [-0.2, -0.15) is 0 Å². The minimum Gasteiger partial charge on any atom is -0.477 e. The summed E-state index contributed by atoms with van der Waals surface area (Å²) >= 11 is 5.89. The Bertz CT molecular complexity index is 712. The topological polar surface area (TPSA) is 73.7 Å². The van der Waals surface area contributed by atoms with E-state index in [-0.39, 0.29) is 11.6 Å². The molecule has 0 amide bonds. The Balaban J connectivity index is 1.64. The van der Waals surface area contributed by atoms with Crippen LogP contribution in [0.4, 0.5) is 5.82 Å². The first-order valence-electron chi connectivity index (χ1n) is 7.93. The normalized spacial score (nSPS) is 16.8. The highest BCUT2D eigenvalue weighted by Crippen LogP contribution is 2.32. The van der Waals surface area contributed by atoms with Crippen molar-refractivity contribution < 1.29 is 15.0 Å². The van der Waals surface area contributed by atoms with Crippen molar-refractivity contribution in [3.05, 3.63) is 58.7 Å². The van der Waals surface area contributed by atoms with Crippen LogP contribution in [0.25, 0.3) is 0 Å². The number of aliphatic hydroxyl groups excluding tert-OH is 1. The smallest absolute Gasteiger partial charge is 0.354 e. The molecule has 126 valence electrons. The van der Waals surface area contributed by atoms with Gasteiger partial charge in [0.2, 0.25) is 0 Å². The van der Waals surface area contributed by atoms with Crippen molar-refractivity contribution in [2.24, 2.45) is 5.92 Å². The fourth-order valence-electron chi connectivity index (χ4n) is 3.09. The largest absolute Gasteiger partial charge is 0.477 e. The summed E-state index contributed by atoms with van der Waals surface area (Å²) in [6.45, 7) is 1.48. The first-order chi connectivity index (χ1) is 11.5. The summed E-state index contributed by atoms with van der Waals surface area (Å²) in [5.41, 5.74) is 0.930. The van der Waals surface area contributed by atoms with Gasteiger partial charge < -0.3 is 15.1 Å². The van der Waals surface area contributed by atoms with Gasteiger partial charge in [-0.25, -0.2) is 9.78 Å².